The highest BCUT2D eigenvalue weighted by Gasteiger charge is 2.08. The molecule has 0 aliphatic carbocycles. The summed E-state index contributed by atoms with van der Waals surface area (Å²) in [6, 6.07) is 5.41. The van der Waals surface area contributed by atoms with E-state index in [0.29, 0.717) is 16.6 Å². The molecule has 0 N–H and O–H groups in total. The van der Waals surface area contributed by atoms with Crippen molar-refractivity contribution >= 4 is 23.2 Å². The van der Waals surface area contributed by atoms with Gasteiger partial charge in [-0.1, -0.05) is 29.3 Å². The average Bonchev–Trinajstić information content (AvgIpc) is 3.04. The van der Waals surface area contributed by atoms with Gasteiger partial charge in [0.15, 0.2) is 0 Å². The Bertz CT molecular complexity index is 671. The lowest BCUT2D eigenvalue weighted by Gasteiger charge is -2.06. The number of hydrogen-bond acceptors (Lipinski definition) is 4. The van der Waals surface area contributed by atoms with Crippen molar-refractivity contribution in [3.63, 3.8) is 0 Å². The third-order valence-electron chi connectivity index (χ3n) is 2.61. The van der Waals surface area contributed by atoms with Crippen LogP contribution in [-0.4, -0.2) is 30.0 Å². The van der Waals surface area contributed by atoms with E-state index in [0.717, 1.165) is 11.3 Å². The quantitative estimate of drug-likeness (QED) is 0.743. The zero-order valence-electron chi connectivity index (χ0n) is 9.61. The Labute approximate surface area is 118 Å². The van der Waals surface area contributed by atoms with Crippen molar-refractivity contribution in [1.29, 1.82) is 0 Å². The van der Waals surface area contributed by atoms with E-state index < -0.39 is 0 Å². The van der Waals surface area contributed by atoms with E-state index in [9.17, 15) is 0 Å². The van der Waals surface area contributed by atoms with Crippen LogP contribution in [0.5, 0.6) is 0 Å². The van der Waals surface area contributed by atoms with Gasteiger partial charge in [-0.25, -0.2) is 0 Å². The molecule has 0 saturated carbocycles. The van der Waals surface area contributed by atoms with Crippen LogP contribution >= 0.6 is 23.2 Å². The molecule has 2 aromatic heterocycles. The van der Waals surface area contributed by atoms with Gasteiger partial charge in [0, 0.05) is 15.6 Å². The van der Waals surface area contributed by atoms with Gasteiger partial charge in [0.2, 0.25) is 0 Å². The lowest BCUT2D eigenvalue weighted by atomic mass is 10.2. The molecule has 0 atom stereocenters. The second-order valence-electron chi connectivity index (χ2n) is 3.85. The standard InChI is InChI=1S/C11H8Cl2N6/c12-10-2-1-3-11(13)9(10)6-18-5-8(4-15-18)19-7-14-16-17-19/h1-5,7H,6H2. The topological polar surface area (TPSA) is 61.4 Å². The summed E-state index contributed by atoms with van der Waals surface area (Å²) in [6.07, 6.45) is 4.99. The minimum atomic E-state index is 0.487. The molecule has 0 radical (unpaired) electrons. The smallest absolute Gasteiger partial charge is 0.144 e. The first-order valence-corrected chi connectivity index (χ1v) is 6.18. The maximum absolute atomic E-state index is 6.12. The van der Waals surface area contributed by atoms with Crippen LogP contribution in [0.25, 0.3) is 5.69 Å². The van der Waals surface area contributed by atoms with Crippen molar-refractivity contribution in [2.24, 2.45) is 0 Å². The van der Waals surface area contributed by atoms with E-state index in [-0.39, 0.29) is 0 Å². The molecule has 0 unspecified atom stereocenters. The molecule has 0 aliphatic rings. The fraction of sp³-hybridized carbons (Fsp3) is 0.0909. The van der Waals surface area contributed by atoms with Crippen molar-refractivity contribution in [1.82, 2.24) is 30.0 Å². The van der Waals surface area contributed by atoms with Gasteiger partial charge in [-0.3, -0.25) is 4.68 Å². The van der Waals surface area contributed by atoms with Gasteiger partial charge in [0.25, 0.3) is 0 Å². The molecule has 8 heteroatoms. The van der Waals surface area contributed by atoms with Crippen LogP contribution in [0.4, 0.5) is 0 Å². The summed E-state index contributed by atoms with van der Waals surface area (Å²) in [4.78, 5) is 0. The number of hydrogen-bond donors (Lipinski definition) is 0. The van der Waals surface area contributed by atoms with E-state index in [2.05, 4.69) is 20.6 Å². The summed E-state index contributed by atoms with van der Waals surface area (Å²) in [5.74, 6) is 0. The summed E-state index contributed by atoms with van der Waals surface area (Å²) in [5, 5.41) is 16.4. The Morgan fingerprint density at radius 3 is 2.63 bits per heavy atom. The lowest BCUT2D eigenvalue weighted by molar-refractivity contribution is 0.685. The molecule has 0 saturated heterocycles. The maximum Gasteiger partial charge on any atom is 0.144 e. The molecular weight excluding hydrogens is 287 g/mol. The van der Waals surface area contributed by atoms with E-state index >= 15 is 0 Å². The summed E-state index contributed by atoms with van der Waals surface area (Å²) >= 11 is 12.2. The van der Waals surface area contributed by atoms with Gasteiger partial charge in [0.1, 0.15) is 12.0 Å². The van der Waals surface area contributed by atoms with E-state index in [4.69, 9.17) is 23.2 Å². The summed E-state index contributed by atoms with van der Waals surface area (Å²) in [5.41, 5.74) is 1.60. The number of nitrogens with zero attached hydrogens (tertiary/aromatic N) is 6. The number of tetrazole rings is 1. The van der Waals surface area contributed by atoms with E-state index in [1.807, 2.05) is 12.3 Å². The van der Waals surface area contributed by atoms with Crippen molar-refractivity contribution in [3.8, 4) is 5.69 Å². The molecule has 0 fully saturated rings. The Balaban J connectivity index is 1.88. The van der Waals surface area contributed by atoms with Crippen LogP contribution in [0.15, 0.2) is 36.9 Å². The molecule has 6 nitrogen and oxygen atoms in total. The molecule has 0 aliphatic heterocycles. The van der Waals surface area contributed by atoms with Crippen LogP contribution < -0.4 is 0 Å². The highest BCUT2D eigenvalue weighted by Crippen LogP contribution is 2.25. The summed E-state index contributed by atoms with van der Waals surface area (Å²) in [7, 11) is 0. The first kappa shape index (κ1) is 12.1. The molecule has 3 aromatic rings. The van der Waals surface area contributed by atoms with Crippen LogP contribution in [0, 0.1) is 0 Å². The summed E-state index contributed by atoms with van der Waals surface area (Å²) < 4.78 is 3.25. The zero-order valence-corrected chi connectivity index (χ0v) is 11.1. The number of aromatic nitrogens is 6. The normalized spacial score (nSPS) is 10.8. The summed E-state index contributed by atoms with van der Waals surface area (Å²) in [6.45, 7) is 0.487. The van der Waals surface area contributed by atoms with E-state index in [1.54, 1.807) is 23.0 Å². The van der Waals surface area contributed by atoms with Crippen molar-refractivity contribution in [2.75, 3.05) is 0 Å². The van der Waals surface area contributed by atoms with Gasteiger partial charge in [-0.15, -0.1) is 5.10 Å². The number of benzene rings is 1. The fourth-order valence-corrected chi connectivity index (χ4v) is 2.20. The van der Waals surface area contributed by atoms with Gasteiger partial charge >= 0.3 is 0 Å². The SMILES string of the molecule is Clc1cccc(Cl)c1Cn1cc(-n2cnnn2)cn1. The second kappa shape index (κ2) is 4.99. The molecule has 1 aromatic carbocycles. The van der Waals surface area contributed by atoms with Crippen LogP contribution in [0.2, 0.25) is 10.0 Å². The first-order valence-electron chi connectivity index (χ1n) is 5.43. The molecule has 2 heterocycles. The molecule has 3 rings (SSSR count). The van der Waals surface area contributed by atoms with E-state index in [1.165, 1.54) is 11.0 Å². The third kappa shape index (κ3) is 2.45. The first-order chi connectivity index (χ1) is 9.24. The van der Waals surface area contributed by atoms with Crippen molar-refractivity contribution < 1.29 is 0 Å². The Kier molecular flexibility index (Phi) is 3.18. The highest BCUT2D eigenvalue weighted by atomic mass is 35.5. The third-order valence-corrected chi connectivity index (χ3v) is 3.32. The fourth-order valence-electron chi connectivity index (χ4n) is 1.68. The predicted molar refractivity (Wildman–Crippen MR) is 70.5 cm³/mol. The average molecular weight is 295 g/mol. The Morgan fingerprint density at radius 1 is 1.16 bits per heavy atom. The van der Waals surface area contributed by atoms with Crippen molar-refractivity contribution in [3.05, 3.63) is 52.5 Å². The second-order valence-corrected chi connectivity index (χ2v) is 4.67. The number of rotatable bonds is 3. The van der Waals surface area contributed by atoms with Gasteiger partial charge < -0.3 is 0 Å². The maximum atomic E-state index is 6.12. The minimum Gasteiger partial charge on any atom is -0.266 e. The molecular formula is C11H8Cl2N6. The predicted octanol–water partition coefficient (Wildman–Crippen LogP) is 2.21. The molecule has 19 heavy (non-hydrogen) atoms. The molecule has 0 amide bonds. The minimum absolute atomic E-state index is 0.487. The van der Waals surface area contributed by atoms with Crippen LogP contribution in [0.1, 0.15) is 5.56 Å². The van der Waals surface area contributed by atoms with Crippen LogP contribution in [0.3, 0.4) is 0 Å². The van der Waals surface area contributed by atoms with Gasteiger partial charge in [-0.05, 0) is 22.6 Å². The molecule has 0 spiro atoms. The van der Waals surface area contributed by atoms with Crippen molar-refractivity contribution in [2.45, 2.75) is 6.54 Å². The van der Waals surface area contributed by atoms with Gasteiger partial charge in [0.05, 0.1) is 18.9 Å². The monoisotopic (exact) mass is 294 g/mol. The zero-order chi connectivity index (χ0) is 13.2. The Morgan fingerprint density at radius 2 is 1.95 bits per heavy atom. The molecule has 0 bridgehead atoms. The van der Waals surface area contributed by atoms with Crippen LogP contribution in [-0.2, 0) is 6.54 Å². The number of halogens is 2. The Hall–Kier alpha value is -1.92. The molecule has 96 valence electrons. The lowest BCUT2D eigenvalue weighted by Crippen LogP contribution is -2.01. The van der Waals surface area contributed by atoms with Gasteiger partial charge in [-0.2, -0.15) is 9.78 Å². The largest absolute Gasteiger partial charge is 0.266 e. The highest BCUT2D eigenvalue weighted by molar-refractivity contribution is 6.35.